The van der Waals surface area contributed by atoms with E-state index in [4.69, 9.17) is 0 Å². The third kappa shape index (κ3) is 8.94. The largest absolute Gasteiger partial charge is 0.573 e. The van der Waals surface area contributed by atoms with Gasteiger partial charge in [0.05, 0.1) is 13.0 Å². The van der Waals surface area contributed by atoms with E-state index in [1.54, 1.807) is 19.1 Å². The quantitative estimate of drug-likeness (QED) is 0.247. The first-order valence-corrected chi connectivity index (χ1v) is 10.8. The first-order valence-electron chi connectivity index (χ1n) is 10.8. The fourth-order valence-corrected chi connectivity index (χ4v) is 3.19. The normalized spacial score (nSPS) is 12.6. The number of allylic oxidation sites excluding steroid dienone is 2. The number of hydrogen-bond acceptors (Lipinski definition) is 7. The molecule has 0 saturated carbocycles. The molecule has 1 unspecified atom stereocenters. The number of hydrogen-bond donors (Lipinski definition) is 2. The molecule has 0 aliphatic heterocycles. The maximum atomic E-state index is 12.8. The van der Waals surface area contributed by atoms with Crippen molar-refractivity contribution in [3.05, 3.63) is 65.2 Å². The van der Waals surface area contributed by atoms with Gasteiger partial charge in [-0.05, 0) is 72.9 Å². The summed E-state index contributed by atoms with van der Waals surface area (Å²) in [5.41, 5.74) is 1.34. The number of phenols is 2. The Balaban J connectivity index is 2.22. The van der Waals surface area contributed by atoms with Crippen LogP contribution in [0.25, 0.3) is 12.2 Å². The number of esters is 1. The molecule has 0 fully saturated rings. The van der Waals surface area contributed by atoms with Crippen molar-refractivity contribution in [1.29, 1.82) is 0 Å². The first-order chi connectivity index (χ1) is 16.9. The van der Waals surface area contributed by atoms with E-state index >= 15 is 0 Å². The van der Waals surface area contributed by atoms with E-state index in [0.29, 0.717) is 11.1 Å². The van der Waals surface area contributed by atoms with Crippen molar-refractivity contribution in [3.63, 3.8) is 0 Å². The lowest BCUT2D eigenvalue weighted by atomic mass is 9.91. The van der Waals surface area contributed by atoms with E-state index in [1.807, 2.05) is 0 Å². The van der Waals surface area contributed by atoms with Gasteiger partial charge in [-0.1, -0.05) is 24.3 Å². The Bertz CT molecular complexity index is 1170. The SMILES string of the molecule is COC(=O)CCCC(C(=O)/C=C/c1ccc(O)c(C)c1)C(=O)/C=C/c1ccc(O)c(OC(F)(F)F)c1. The third-order valence-corrected chi connectivity index (χ3v) is 5.10. The number of aromatic hydroxyl groups is 2. The molecule has 192 valence electrons. The maximum absolute atomic E-state index is 12.8. The Labute approximate surface area is 205 Å². The summed E-state index contributed by atoms with van der Waals surface area (Å²) >= 11 is 0. The Hall–Kier alpha value is -4.08. The zero-order valence-electron chi connectivity index (χ0n) is 19.5. The standard InChI is InChI=1S/C26H25F3O7/c1-16-14-17(6-10-20(16)30)7-11-21(31)19(4-3-5-25(34)35-2)22(32)12-8-18-9-13-23(33)24(15-18)36-26(27,28)29/h6-15,19,30,33H,3-5H2,1-2H3/b11-7+,12-8+. The van der Waals surface area contributed by atoms with Gasteiger partial charge in [0, 0.05) is 6.42 Å². The molecule has 0 heterocycles. The molecule has 2 aromatic carbocycles. The minimum atomic E-state index is -5.02. The molecule has 2 N–H and O–H groups in total. The molecule has 36 heavy (non-hydrogen) atoms. The first kappa shape index (κ1) is 28.2. The zero-order chi connectivity index (χ0) is 26.9. The summed E-state index contributed by atoms with van der Waals surface area (Å²) in [4.78, 5) is 37.1. The van der Waals surface area contributed by atoms with Gasteiger partial charge in [0.2, 0.25) is 0 Å². The number of ketones is 2. The number of methoxy groups -OCH3 is 1. The van der Waals surface area contributed by atoms with Crippen LogP contribution in [-0.4, -0.2) is 41.2 Å². The number of halogens is 3. The second-order valence-corrected chi connectivity index (χ2v) is 7.81. The second kappa shape index (κ2) is 12.6. The molecule has 0 saturated heterocycles. The fraction of sp³-hybridized carbons (Fsp3) is 0.269. The smallest absolute Gasteiger partial charge is 0.508 e. The fourth-order valence-electron chi connectivity index (χ4n) is 3.19. The van der Waals surface area contributed by atoms with Crippen molar-refractivity contribution < 1.29 is 47.2 Å². The number of alkyl halides is 3. The van der Waals surface area contributed by atoms with Crippen LogP contribution in [0.3, 0.4) is 0 Å². The van der Waals surface area contributed by atoms with E-state index < -0.39 is 41.3 Å². The average molecular weight is 506 g/mol. The van der Waals surface area contributed by atoms with Crippen molar-refractivity contribution in [2.24, 2.45) is 5.92 Å². The minimum absolute atomic E-state index is 0.00571. The molecule has 0 amide bonds. The lowest BCUT2D eigenvalue weighted by molar-refractivity contribution is -0.275. The number of aryl methyl sites for hydroxylation is 1. The topological polar surface area (TPSA) is 110 Å². The highest BCUT2D eigenvalue weighted by molar-refractivity contribution is 6.13. The van der Waals surface area contributed by atoms with Crippen molar-refractivity contribution in [3.8, 4) is 17.2 Å². The van der Waals surface area contributed by atoms with Crippen LogP contribution in [0.1, 0.15) is 36.0 Å². The van der Waals surface area contributed by atoms with Gasteiger partial charge in [-0.15, -0.1) is 13.2 Å². The summed E-state index contributed by atoms with van der Waals surface area (Å²) in [5, 5.41) is 19.2. The Morgan fingerprint density at radius 1 is 0.944 bits per heavy atom. The molecular formula is C26H25F3O7. The molecule has 1 atom stereocenters. The molecule has 10 heteroatoms. The van der Waals surface area contributed by atoms with E-state index in [1.165, 1.54) is 37.5 Å². The minimum Gasteiger partial charge on any atom is -0.508 e. The highest BCUT2D eigenvalue weighted by atomic mass is 19.4. The Morgan fingerprint density at radius 2 is 1.50 bits per heavy atom. The summed E-state index contributed by atoms with van der Waals surface area (Å²) in [7, 11) is 1.22. The van der Waals surface area contributed by atoms with Gasteiger partial charge in [0.1, 0.15) is 5.75 Å². The average Bonchev–Trinajstić information content (AvgIpc) is 2.81. The van der Waals surface area contributed by atoms with Gasteiger partial charge in [-0.2, -0.15) is 0 Å². The number of rotatable bonds is 11. The van der Waals surface area contributed by atoms with Crippen LogP contribution in [0.2, 0.25) is 0 Å². The molecule has 0 aromatic heterocycles. The predicted octanol–water partition coefficient (Wildman–Crippen LogP) is 5.13. The number of carbonyl (C=O) groups excluding carboxylic acids is 3. The van der Waals surface area contributed by atoms with Crippen LogP contribution < -0.4 is 4.74 Å². The summed E-state index contributed by atoms with van der Waals surface area (Å²) < 4.78 is 45.8. The van der Waals surface area contributed by atoms with Gasteiger partial charge in [0.15, 0.2) is 23.1 Å². The molecule has 0 aliphatic carbocycles. The highest BCUT2D eigenvalue weighted by Gasteiger charge is 2.32. The Morgan fingerprint density at radius 3 is 2.03 bits per heavy atom. The van der Waals surface area contributed by atoms with Crippen molar-refractivity contribution >= 4 is 29.7 Å². The van der Waals surface area contributed by atoms with E-state index in [-0.39, 0.29) is 30.6 Å². The third-order valence-electron chi connectivity index (χ3n) is 5.10. The molecule has 0 bridgehead atoms. The van der Waals surface area contributed by atoms with Gasteiger partial charge < -0.3 is 19.7 Å². The molecule has 2 aromatic rings. The van der Waals surface area contributed by atoms with Gasteiger partial charge in [-0.25, -0.2) is 0 Å². The Kier molecular flexibility index (Phi) is 9.83. The molecule has 0 aliphatic rings. The zero-order valence-corrected chi connectivity index (χ0v) is 19.5. The molecule has 7 nitrogen and oxygen atoms in total. The maximum Gasteiger partial charge on any atom is 0.573 e. The molecular weight excluding hydrogens is 481 g/mol. The lowest BCUT2D eigenvalue weighted by Gasteiger charge is -2.11. The van der Waals surface area contributed by atoms with E-state index in [9.17, 15) is 37.8 Å². The van der Waals surface area contributed by atoms with E-state index in [2.05, 4.69) is 9.47 Å². The molecule has 2 rings (SSSR count). The summed E-state index contributed by atoms with van der Waals surface area (Å²) in [6.07, 6.45) is 0.146. The molecule has 0 spiro atoms. The number of carbonyl (C=O) groups is 3. The van der Waals surface area contributed by atoms with Gasteiger partial charge in [0.25, 0.3) is 0 Å². The van der Waals surface area contributed by atoms with Crippen LogP contribution in [-0.2, 0) is 19.1 Å². The second-order valence-electron chi connectivity index (χ2n) is 7.81. The van der Waals surface area contributed by atoms with Crippen LogP contribution in [0.15, 0.2) is 48.6 Å². The lowest BCUT2D eigenvalue weighted by Crippen LogP contribution is -2.21. The van der Waals surface area contributed by atoms with Crippen LogP contribution in [0.4, 0.5) is 13.2 Å². The summed E-state index contributed by atoms with van der Waals surface area (Å²) in [6.45, 7) is 1.69. The van der Waals surface area contributed by atoms with Crippen LogP contribution in [0, 0.1) is 12.8 Å². The number of benzene rings is 2. The van der Waals surface area contributed by atoms with E-state index in [0.717, 1.165) is 18.2 Å². The summed E-state index contributed by atoms with van der Waals surface area (Å²) in [5.74, 6) is -4.28. The van der Waals surface area contributed by atoms with Crippen LogP contribution >= 0.6 is 0 Å². The monoisotopic (exact) mass is 506 g/mol. The molecule has 0 radical (unpaired) electrons. The number of ether oxygens (including phenoxy) is 2. The van der Waals surface area contributed by atoms with Crippen LogP contribution in [0.5, 0.6) is 17.2 Å². The van der Waals surface area contributed by atoms with Crippen molar-refractivity contribution in [2.75, 3.05) is 7.11 Å². The van der Waals surface area contributed by atoms with Crippen molar-refractivity contribution in [2.45, 2.75) is 32.5 Å². The predicted molar refractivity (Wildman–Crippen MR) is 125 cm³/mol. The number of phenolic OH excluding ortho intramolecular Hbond substituents is 2. The van der Waals surface area contributed by atoms with Gasteiger partial charge in [-0.3, -0.25) is 14.4 Å². The van der Waals surface area contributed by atoms with Gasteiger partial charge >= 0.3 is 12.3 Å². The van der Waals surface area contributed by atoms with Crippen molar-refractivity contribution in [1.82, 2.24) is 0 Å². The highest BCUT2D eigenvalue weighted by Crippen LogP contribution is 2.32. The summed E-state index contributed by atoms with van der Waals surface area (Å²) in [6, 6.07) is 7.85.